The van der Waals surface area contributed by atoms with Crippen LogP contribution in [0.15, 0.2) is 24.3 Å². The van der Waals surface area contributed by atoms with Gasteiger partial charge in [-0.3, -0.25) is 0 Å². The van der Waals surface area contributed by atoms with Crippen molar-refractivity contribution in [1.82, 2.24) is 0 Å². The van der Waals surface area contributed by atoms with Gasteiger partial charge in [-0.2, -0.15) is 0 Å². The molecule has 1 aliphatic heterocycles. The molecule has 2 N–H and O–H groups in total. The largest absolute Gasteiger partial charge is 0.508 e. The molecule has 2 atom stereocenters. The lowest BCUT2D eigenvalue weighted by Crippen LogP contribution is -2.24. The molecule has 15 heavy (non-hydrogen) atoms. The van der Waals surface area contributed by atoms with Gasteiger partial charge in [0.2, 0.25) is 0 Å². The Morgan fingerprint density at radius 3 is 2.60 bits per heavy atom. The van der Waals surface area contributed by atoms with E-state index in [2.05, 4.69) is 0 Å². The smallest absolute Gasteiger partial charge is 0.192 e. The zero-order chi connectivity index (χ0) is 10.9. The highest BCUT2D eigenvalue weighted by Gasteiger charge is 2.38. The summed E-state index contributed by atoms with van der Waals surface area (Å²) in [7, 11) is 0. The van der Waals surface area contributed by atoms with Crippen molar-refractivity contribution in [2.45, 2.75) is 18.8 Å². The van der Waals surface area contributed by atoms with Crippen LogP contribution in [0, 0.1) is 0 Å². The molecule has 1 fully saturated rings. The van der Waals surface area contributed by atoms with Gasteiger partial charge in [0.1, 0.15) is 11.9 Å². The van der Waals surface area contributed by atoms with E-state index in [1.54, 1.807) is 31.2 Å². The van der Waals surface area contributed by atoms with Crippen LogP contribution in [0.25, 0.3) is 0 Å². The quantitative estimate of drug-likeness (QED) is 0.763. The lowest BCUT2D eigenvalue weighted by Gasteiger charge is -2.23. The summed E-state index contributed by atoms with van der Waals surface area (Å²) in [6, 6.07) is 6.66. The molecule has 1 aromatic rings. The summed E-state index contributed by atoms with van der Waals surface area (Å²) < 4.78 is 11.1. The molecule has 1 heterocycles. The molecule has 0 radical (unpaired) electrons. The van der Waals surface area contributed by atoms with Crippen LogP contribution in [0.1, 0.15) is 12.5 Å². The Balaban J connectivity index is 2.20. The predicted octanol–water partition coefficient (Wildman–Crippen LogP) is 0.973. The number of benzene rings is 1. The Hall–Kier alpha value is -1.10. The molecule has 2 unspecified atom stereocenters. The Morgan fingerprint density at radius 1 is 1.40 bits per heavy atom. The first-order chi connectivity index (χ1) is 7.14. The van der Waals surface area contributed by atoms with E-state index >= 15 is 0 Å². The van der Waals surface area contributed by atoms with Gasteiger partial charge < -0.3 is 19.7 Å². The van der Waals surface area contributed by atoms with Crippen molar-refractivity contribution >= 4 is 0 Å². The number of rotatable bonds is 2. The van der Waals surface area contributed by atoms with Crippen LogP contribution in [0.3, 0.4) is 0 Å². The molecule has 0 aromatic heterocycles. The summed E-state index contributed by atoms with van der Waals surface area (Å²) in [6.07, 6.45) is -0.274. The summed E-state index contributed by atoms with van der Waals surface area (Å²) in [4.78, 5) is 0. The zero-order valence-corrected chi connectivity index (χ0v) is 8.51. The number of ether oxygens (including phenoxy) is 2. The maximum absolute atomic E-state index is 9.16. The number of hydrogen-bond donors (Lipinski definition) is 2. The van der Waals surface area contributed by atoms with Crippen molar-refractivity contribution in [3.8, 4) is 5.75 Å². The molecule has 82 valence electrons. The maximum Gasteiger partial charge on any atom is 0.192 e. The van der Waals surface area contributed by atoms with Gasteiger partial charge in [-0.1, -0.05) is 0 Å². The number of aliphatic hydroxyl groups is 1. The third-order valence-electron chi connectivity index (χ3n) is 2.53. The van der Waals surface area contributed by atoms with E-state index in [4.69, 9.17) is 19.7 Å². The van der Waals surface area contributed by atoms with E-state index in [-0.39, 0.29) is 18.5 Å². The number of phenols is 1. The molecule has 0 aliphatic carbocycles. The third kappa shape index (κ3) is 1.97. The average molecular weight is 210 g/mol. The minimum absolute atomic E-state index is 0.0479. The third-order valence-corrected chi connectivity index (χ3v) is 2.53. The highest BCUT2D eigenvalue weighted by Crippen LogP contribution is 2.34. The number of hydrogen-bond acceptors (Lipinski definition) is 4. The van der Waals surface area contributed by atoms with Crippen molar-refractivity contribution in [3.63, 3.8) is 0 Å². The Bertz CT molecular complexity index is 335. The van der Waals surface area contributed by atoms with Gasteiger partial charge in [-0.15, -0.1) is 0 Å². The molecule has 0 amide bonds. The molecular formula is C11H14O4. The summed E-state index contributed by atoms with van der Waals surface area (Å²) in [6.45, 7) is 2.14. The summed E-state index contributed by atoms with van der Waals surface area (Å²) >= 11 is 0. The Kier molecular flexibility index (Phi) is 2.65. The van der Waals surface area contributed by atoms with E-state index in [1.165, 1.54) is 0 Å². The second-order valence-electron chi connectivity index (χ2n) is 3.73. The molecule has 1 aromatic carbocycles. The maximum atomic E-state index is 9.16. The summed E-state index contributed by atoms with van der Waals surface area (Å²) in [5.41, 5.74) is 0.830. The van der Waals surface area contributed by atoms with E-state index in [1.807, 2.05) is 0 Å². The Morgan fingerprint density at radius 2 is 2.07 bits per heavy atom. The van der Waals surface area contributed by atoms with Crippen LogP contribution in [0.2, 0.25) is 0 Å². The standard InChI is InChI=1S/C11H14O4/c1-11(14-7-10(6-12)15-11)8-2-4-9(13)5-3-8/h2-5,10,12-13H,6-7H2,1H3. The first-order valence-corrected chi connectivity index (χ1v) is 4.86. The monoisotopic (exact) mass is 210 g/mol. The van der Waals surface area contributed by atoms with Crippen molar-refractivity contribution in [2.24, 2.45) is 0 Å². The predicted molar refractivity (Wildman–Crippen MR) is 53.4 cm³/mol. The second-order valence-corrected chi connectivity index (χ2v) is 3.73. The molecule has 0 spiro atoms. The number of phenolic OH excluding ortho intramolecular Hbond substituents is 1. The van der Waals surface area contributed by atoms with Crippen molar-refractivity contribution in [2.75, 3.05) is 13.2 Å². The molecule has 0 saturated carbocycles. The first-order valence-electron chi connectivity index (χ1n) is 4.86. The minimum atomic E-state index is -0.818. The molecule has 0 bridgehead atoms. The highest BCUT2D eigenvalue weighted by molar-refractivity contribution is 5.28. The molecule has 1 aliphatic rings. The fraction of sp³-hybridized carbons (Fsp3) is 0.455. The van der Waals surface area contributed by atoms with E-state index in [9.17, 15) is 0 Å². The lowest BCUT2D eigenvalue weighted by atomic mass is 10.1. The van der Waals surface area contributed by atoms with Crippen molar-refractivity contribution in [3.05, 3.63) is 29.8 Å². The molecule has 2 rings (SSSR count). The van der Waals surface area contributed by atoms with E-state index in [0.717, 1.165) is 5.56 Å². The van der Waals surface area contributed by atoms with E-state index < -0.39 is 5.79 Å². The number of aliphatic hydroxyl groups excluding tert-OH is 1. The average Bonchev–Trinajstić information content (AvgIpc) is 2.62. The van der Waals surface area contributed by atoms with Crippen LogP contribution in [-0.2, 0) is 15.3 Å². The number of aromatic hydroxyl groups is 1. The van der Waals surface area contributed by atoms with Gasteiger partial charge in [0.25, 0.3) is 0 Å². The summed E-state index contributed by atoms with van der Waals surface area (Å²) in [5.74, 6) is -0.611. The van der Waals surface area contributed by atoms with Gasteiger partial charge in [-0.25, -0.2) is 0 Å². The topological polar surface area (TPSA) is 58.9 Å². The lowest BCUT2D eigenvalue weighted by molar-refractivity contribution is -0.165. The van der Waals surface area contributed by atoms with Crippen LogP contribution < -0.4 is 0 Å². The van der Waals surface area contributed by atoms with Crippen LogP contribution in [0.5, 0.6) is 5.75 Å². The molecule has 1 saturated heterocycles. The fourth-order valence-electron chi connectivity index (χ4n) is 1.64. The molecule has 4 heteroatoms. The van der Waals surface area contributed by atoms with Gasteiger partial charge in [-0.05, 0) is 31.2 Å². The second kappa shape index (κ2) is 3.81. The zero-order valence-electron chi connectivity index (χ0n) is 8.51. The summed E-state index contributed by atoms with van der Waals surface area (Å²) in [5, 5.41) is 18.1. The van der Waals surface area contributed by atoms with Crippen molar-refractivity contribution < 1.29 is 19.7 Å². The molecule has 4 nitrogen and oxygen atoms in total. The molecular weight excluding hydrogens is 196 g/mol. The minimum Gasteiger partial charge on any atom is -0.508 e. The van der Waals surface area contributed by atoms with Crippen LogP contribution in [0.4, 0.5) is 0 Å². The van der Waals surface area contributed by atoms with Gasteiger partial charge >= 0.3 is 0 Å². The van der Waals surface area contributed by atoms with Crippen molar-refractivity contribution in [1.29, 1.82) is 0 Å². The Labute approximate surface area is 88.1 Å². The van der Waals surface area contributed by atoms with Gasteiger partial charge in [0, 0.05) is 5.56 Å². The van der Waals surface area contributed by atoms with E-state index in [0.29, 0.717) is 6.61 Å². The normalized spacial score (nSPS) is 30.7. The SMILES string of the molecule is CC1(c2ccc(O)cc2)OCC(CO)O1. The van der Waals surface area contributed by atoms with Crippen LogP contribution in [-0.4, -0.2) is 29.5 Å². The fourth-order valence-corrected chi connectivity index (χ4v) is 1.64. The highest BCUT2D eigenvalue weighted by atomic mass is 16.7. The van der Waals surface area contributed by atoms with Crippen LogP contribution >= 0.6 is 0 Å². The first kappa shape index (κ1) is 10.4. The van der Waals surface area contributed by atoms with Gasteiger partial charge in [0.05, 0.1) is 13.2 Å². The van der Waals surface area contributed by atoms with Gasteiger partial charge in [0.15, 0.2) is 5.79 Å².